The number of nitrogens with one attached hydrogen (secondary N) is 1. The Kier molecular flexibility index (Phi) is 7.91. The smallest absolute Gasteiger partial charge is 0.336 e. The van der Waals surface area contributed by atoms with Gasteiger partial charge in [0.25, 0.3) is 0 Å². The number of fused-ring (bicyclic) bond motifs is 1. The molecule has 1 heterocycles. The number of nitrogens with two attached hydrogens (primary N) is 2. The van der Waals surface area contributed by atoms with E-state index in [0.717, 1.165) is 27.6 Å². The summed E-state index contributed by atoms with van der Waals surface area (Å²) in [6.45, 7) is 1.83. The molecule has 0 saturated heterocycles. The quantitative estimate of drug-likeness (QED) is 0.131. The van der Waals surface area contributed by atoms with E-state index in [2.05, 4.69) is 22.9 Å². The molecule has 0 aliphatic heterocycles. The van der Waals surface area contributed by atoms with Gasteiger partial charge in [-0.1, -0.05) is 48.5 Å². The minimum atomic E-state index is -1.08. The second-order valence-corrected chi connectivity index (χ2v) is 10.3. The van der Waals surface area contributed by atoms with Crippen molar-refractivity contribution in [1.29, 1.82) is 5.41 Å². The van der Waals surface area contributed by atoms with Gasteiger partial charge in [-0.15, -0.1) is 0 Å². The van der Waals surface area contributed by atoms with Gasteiger partial charge in [-0.2, -0.15) is 0 Å². The van der Waals surface area contributed by atoms with Crippen LogP contribution < -0.4 is 16.2 Å². The molecule has 0 spiro atoms. The Morgan fingerprint density at radius 3 is 2.36 bits per heavy atom. The highest BCUT2D eigenvalue weighted by Gasteiger charge is 2.20. The molecule has 8 heteroatoms. The standard InChI is InChI=1S/C34H32N4O4/c1-20(39)32(35)22-8-11-27(28-12-10-26(42-2)17-30(28)34(40)41)25(15-22)19-38-18-24(14-21-6-4-3-5-7-21)29-16-23(33(36)37)9-13-31(29)38/h3-13,15-18,32H,14,19,35H2,1-2H3,(H3,36,37)(H,40,41). The van der Waals surface area contributed by atoms with Crippen molar-refractivity contribution in [2.24, 2.45) is 11.5 Å². The monoisotopic (exact) mass is 560 g/mol. The highest BCUT2D eigenvalue weighted by Crippen LogP contribution is 2.34. The maximum atomic E-state index is 12.3. The molecule has 0 saturated carbocycles. The van der Waals surface area contributed by atoms with Crippen LogP contribution in [0.25, 0.3) is 22.0 Å². The van der Waals surface area contributed by atoms with Gasteiger partial charge in [0.1, 0.15) is 11.6 Å². The molecule has 212 valence electrons. The average molecular weight is 561 g/mol. The number of benzene rings is 4. The van der Waals surface area contributed by atoms with Gasteiger partial charge < -0.3 is 25.9 Å². The van der Waals surface area contributed by atoms with Crippen molar-refractivity contribution in [2.45, 2.75) is 25.9 Å². The maximum Gasteiger partial charge on any atom is 0.336 e. The Morgan fingerprint density at radius 2 is 1.69 bits per heavy atom. The first-order valence-corrected chi connectivity index (χ1v) is 13.5. The van der Waals surface area contributed by atoms with Crippen molar-refractivity contribution >= 4 is 28.5 Å². The molecule has 6 N–H and O–H groups in total. The third-order valence-electron chi connectivity index (χ3n) is 7.53. The summed E-state index contributed by atoms with van der Waals surface area (Å²) >= 11 is 0. The Morgan fingerprint density at radius 1 is 0.952 bits per heavy atom. The zero-order chi connectivity index (χ0) is 30.0. The Labute approximate surface area is 243 Å². The summed E-state index contributed by atoms with van der Waals surface area (Å²) in [4.78, 5) is 24.5. The first-order chi connectivity index (χ1) is 20.2. The molecule has 0 bridgehead atoms. The molecule has 5 aromatic rings. The number of rotatable bonds is 10. The van der Waals surface area contributed by atoms with E-state index in [-0.39, 0.29) is 17.2 Å². The van der Waals surface area contributed by atoms with Crippen molar-refractivity contribution in [2.75, 3.05) is 7.11 Å². The van der Waals surface area contributed by atoms with E-state index in [4.69, 9.17) is 21.6 Å². The lowest BCUT2D eigenvalue weighted by Crippen LogP contribution is -2.19. The first kappa shape index (κ1) is 28.3. The lowest BCUT2D eigenvalue weighted by Gasteiger charge is -2.18. The van der Waals surface area contributed by atoms with Crippen LogP contribution in [0.1, 0.15) is 51.1 Å². The largest absolute Gasteiger partial charge is 0.497 e. The Hall–Kier alpha value is -5.21. The van der Waals surface area contributed by atoms with Crippen LogP contribution in [0.3, 0.4) is 0 Å². The van der Waals surface area contributed by atoms with E-state index in [1.807, 2.05) is 48.5 Å². The number of nitrogens with zero attached hydrogens (tertiary/aromatic N) is 1. The summed E-state index contributed by atoms with van der Waals surface area (Å²) in [5, 5.41) is 19.0. The molecule has 0 amide bonds. The fraction of sp³-hybridized carbons (Fsp3) is 0.147. The number of methoxy groups -OCH3 is 1. The van der Waals surface area contributed by atoms with Gasteiger partial charge in [0.15, 0.2) is 5.78 Å². The number of aromatic nitrogens is 1. The van der Waals surface area contributed by atoms with E-state index < -0.39 is 12.0 Å². The van der Waals surface area contributed by atoms with Crippen molar-refractivity contribution in [3.63, 3.8) is 0 Å². The van der Waals surface area contributed by atoms with Crippen LogP contribution in [0.2, 0.25) is 0 Å². The van der Waals surface area contributed by atoms with E-state index in [9.17, 15) is 14.7 Å². The molecular formula is C34H32N4O4. The van der Waals surface area contributed by atoms with Crippen LogP contribution in [0.4, 0.5) is 0 Å². The number of carbonyl (C=O) groups is 2. The van der Waals surface area contributed by atoms with Crippen LogP contribution in [-0.2, 0) is 17.8 Å². The molecule has 0 radical (unpaired) electrons. The lowest BCUT2D eigenvalue weighted by atomic mass is 9.91. The topological polar surface area (TPSA) is 144 Å². The number of carbonyl (C=O) groups excluding carboxylic acids is 1. The minimum absolute atomic E-state index is 0.00998. The zero-order valence-electron chi connectivity index (χ0n) is 23.4. The Balaban J connectivity index is 1.69. The van der Waals surface area contributed by atoms with Gasteiger partial charge in [0, 0.05) is 29.2 Å². The van der Waals surface area contributed by atoms with Crippen molar-refractivity contribution in [3.05, 3.63) is 125 Å². The molecule has 8 nitrogen and oxygen atoms in total. The summed E-state index contributed by atoms with van der Waals surface area (Å²) < 4.78 is 7.38. The van der Waals surface area contributed by atoms with E-state index in [0.29, 0.717) is 41.0 Å². The molecule has 4 aromatic carbocycles. The molecule has 1 unspecified atom stereocenters. The Bertz CT molecular complexity index is 1820. The van der Waals surface area contributed by atoms with Crippen LogP contribution in [0, 0.1) is 5.41 Å². The van der Waals surface area contributed by atoms with Crippen LogP contribution in [-0.4, -0.2) is 34.4 Å². The summed E-state index contributed by atoms with van der Waals surface area (Å²) in [6, 6.07) is 25.5. The fourth-order valence-electron chi connectivity index (χ4n) is 5.31. The number of carboxylic acid groups (broad SMARTS) is 1. The number of ether oxygens (including phenoxy) is 1. The molecule has 5 rings (SSSR count). The van der Waals surface area contributed by atoms with Gasteiger partial charge in [0.2, 0.25) is 0 Å². The van der Waals surface area contributed by atoms with Crippen LogP contribution >= 0.6 is 0 Å². The first-order valence-electron chi connectivity index (χ1n) is 13.5. The molecule has 0 aliphatic carbocycles. The van der Waals surface area contributed by atoms with Gasteiger partial charge in [0.05, 0.1) is 18.7 Å². The van der Waals surface area contributed by atoms with Crippen LogP contribution in [0.15, 0.2) is 91.1 Å². The second kappa shape index (κ2) is 11.7. The SMILES string of the molecule is COc1ccc(-c2ccc(C(N)C(C)=O)cc2Cn2cc(Cc3ccccc3)c3cc(C(=N)N)ccc32)c(C(=O)O)c1. The van der Waals surface area contributed by atoms with Gasteiger partial charge >= 0.3 is 5.97 Å². The summed E-state index contributed by atoms with van der Waals surface area (Å²) in [5.41, 5.74) is 18.6. The molecule has 1 atom stereocenters. The van der Waals surface area contributed by atoms with E-state index >= 15 is 0 Å². The number of nitrogen functional groups attached to an aromatic ring is 1. The van der Waals surface area contributed by atoms with Crippen molar-refractivity contribution < 1.29 is 19.4 Å². The molecule has 1 aromatic heterocycles. The predicted molar refractivity (Wildman–Crippen MR) is 164 cm³/mol. The van der Waals surface area contributed by atoms with Gasteiger partial charge in [-0.05, 0) is 83.1 Å². The number of hydrogen-bond donors (Lipinski definition) is 4. The lowest BCUT2D eigenvalue weighted by molar-refractivity contribution is -0.118. The summed E-state index contributed by atoms with van der Waals surface area (Å²) in [6.07, 6.45) is 2.75. The third-order valence-corrected chi connectivity index (χ3v) is 7.53. The molecule has 42 heavy (non-hydrogen) atoms. The number of amidine groups is 1. The second-order valence-electron chi connectivity index (χ2n) is 10.3. The predicted octanol–water partition coefficient (Wildman–Crippen LogP) is 5.53. The number of carboxylic acids is 1. The molecule has 0 aliphatic rings. The average Bonchev–Trinajstić information content (AvgIpc) is 3.32. The molecule has 0 fully saturated rings. The number of aromatic carboxylic acids is 1. The number of hydrogen-bond acceptors (Lipinski definition) is 5. The van der Waals surface area contributed by atoms with E-state index in [1.165, 1.54) is 20.1 Å². The van der Waals surface area contributed by atoms with Gasteiger partial charge in [-0.3, -0.25) is 10.2 Å². The zero-order valence-corrected chi connectivity index (χ0v) is 23.4. The maximum absolute atomic E-state index is 12.3. The summed E-state index contributed by atoms with van der Waals surface area (Å²) in [7, 11) is 1.49. The minimum Gasteiger partial charge on any atom is -0.497 e. The molecular weight excluding hydrogens is 528 g/mol. The van der Waals surface area contributed by atoms with Crippen LogP contribution in [0.5, 0.6) is 5.75 Å². The van der Waals surface area contributed by atoms with Crippen molar-refractivity contribution in [3.8, 4) is 16.9 Å². The highest BCUT2D eigenvalue weighted by molar-refractivity contribution is 6.00. The third kappa shape index (κ3) is 5.66. The number of Topliss-reactive ketones (excluding diaryl/α,β-unsaturated/α-hetero) is 1. The summed E-state index contributed by atoms with van der Waals surface area (Å²) in [5.74, 6) is -0.814. The fourth-order valence-corrected chi connectivity index (χ4v) is 5.31. The van der Waals surface area contributed by atoms with Gasteiger partial charge in [-0.25, -0.2) is 4.79 Å². The highest BCUT2D eigenvalue weighted by atomic mass is 16.5. The van der Waals surface area contributed by atoms with Crippen molar-refractivity contribution in [1.82, 2.24) is 4.57 Å². The normalized spacial score (nSPS) is 11.8. The number of ketones is 1. The van der Waals surface area contributed by atoms with E-state index in [1.54, 1.807) is 18.2 Å².